The first kappa shape index (κ1) is 32.8. The number of aliphatic hydroxyl groups excluding tert-OH is 1. The Morgan fingerprint density at radius 2 is 1.83 bits per heavy atom. The van der Waals surface area contributed by atoms with Crippen molar-refractivity contribution in [2.75, 3.05) is 18.3 Å². The maximum absolute atomic E-state index is 12.0. The predicted molar refractivity (Wildman–Crippen MR) is 178 cm³/mol. The van der Waals surface area contributed by atoms with Crippen molar-refractivity contribution in [1.29, 1.82) is 0 Å². The van der Waals surface area contributed by atoms with E-state index in [-0.39, 0.29) is 54.0 Å². The second kappa shape index (κ2) is 16.1. The van der Waals surface area contributed by atoms with Gasteiger partial charge in [0, 0.05) is 35.3 Å². The van der Waals surface area contributed by atoms with Gasteiger partial charge in [0.25, 0.3) is 0 Å². The van der Waals surface area contributed by atoms with Gasteiger partial charge in [-0.15, -0.1) is 11.8 Å². The Morgan fingerprint density at radius 3 is 2.62 bits per heavy atom. The van der Waals surface area contributed by atoms with Gasteiger partial charge in [0.15, 0.2) is 0 Å². The molecule has 0 saturated heterocycles. The van der Waals surface area contributed by atoms with Crippen LogP contribution in [0.2, 0.25) is 5.02 Å². The zero-order chi connectivity index (χ0) is 28.6. The first-order valence-corrected chi connectivity index (χ1v) is 15.8. The Balaban J connectivity index is 0.00000405. The number of pyridine rings is 1. The molecule has 3 aromatic carbocycles. The van der Waals surface area contributed by atoms with E-state index in [1.807, 2.05) is 36.4 Å². The van der Waals surface area contributed by atoms with Crippen molar-refractivity contribution in [2.24, 2.45) is 5.92 Å². The SMILES string of the molecule is CC(CO)c1ccccc1C(CCSCOC(=O)CC1CC1)c1cccc(/C=C/c2ccc3ccc(Cl)cc3n2)c1.[NaH]. The molecule has 1 fully saturated rings. The minimum absolute atomic E-state index is 0. The van der Waals surface area contributed by atoms with Crippen molar-refractivity contribution < 1.29 is 14.6 Å². The summed E-state index contributed by atoms with van der Waals surface area (Å²) in [5, 5.41) is 11.7. The molecule has 4 nitrogen and oxygen atoms in total. The Kier molecular flexibility index (Phi) is 12.6. The number of rotatable bonds is 13. The Labute approximate surface area is 280 Å². The first-order valence-electron chi connectivity index (χ1n) is 14.3. The van der Waals surface area contributed by atoms with E-state index in [0.29, 0.717) is 23.3 Å². The van der Waals surface area contributed by atoms with Crippen LogP contribution in [-0.4, -0.2) is 63.9 Å². The summed E-state index contributed by atoms with van der Waals surface area (Å²) < 4.78 is 5.46. The molecule has 1 saturated carbocycles. The fourth-order valence-corrected chi connectivity index (χ4v) is 6.02. The normalized spacial score (nSPS) is 14.5. The molecule has 0 spiro atoms. The number of esters is 1. The van der Waals surface area contributed by atoms with Crippen molar-refractivity contribution in [3.8, 4) is 0 Å². The van der Waals surface area contributed by atoms with Crippen molar-refractivity contribution in [2.45, 2.75) is 44.4 Å². The average Bonchev–Trinajstić information content (AvgIpc) is 3.81. The summed E-state index contributed by atoms with van der Waals surface area (Å²) >= 11 is 7.83. The number of aliphatic hydroxyl groups is 1. The summed E-state index contributed by atoms with van der Waals surface area (Å²) in [7, 11) is 0. The van der Waals surface area contributed by atoms with E-state index in [1.165, 1.54) is 16.7 Å². The zero-order valence-corrected chi connectivity index (χ0v) is 24.9. The van der Waals surface area contributed by atoms with Crippen LogP contribution >= 0.6 is 23.4 Å². The molecule has 0 radical (unpaired) electrons. The van der Waals surface area contributed by atoms with Gasteiger partial charge in [-0.05, 0) is 77.5 Å². The number of ether oxygens (including phenoxy) is 1. The van der Waals surface area contributed by atoms with Gasteiger partial charge in [0.1, 0.15) is 5.94 Å². The molecule has 214 valence electrons. The van der Waals surface area contributed by atoms with Gasteiger partial charge < -0.3 is 9.84 Å². The van der Waals surface area contributed by atoms with Gasteiger partial charge in [-0.3, -0.25) is 4.79 Å². The topological polar surface area (TPSA) is 59.4 Å². The Bertz CT molecular complexity index is 1520. The number of halogens is 1. The van der Waals surface area contributed by atoms with Gasteiger partial charge in [-0.1, -0.05) is 85.3 Å². The minimum atomic E-state index is -0.0813. The third-order valence-electron chi connectivity index (χ3n) is 7.62. The molecule has 0 bridgehead atoms. The van der Waals surface area contributed by atoms with Crippen LogP contribution in [0.1, 0.15) is 72.4 Å². The van der Waals surface area contributed by atoms with E-state index < -0.39 is 0 Å². The van der Waals surface area contributed by atoms with Gasteiger partial charge in [-0.25, -0.2) is 4.98 Å². The summed E-state index contributed by atoms with van der Waals surface area (Å²) in [5.41, 5.74) is 6.45. The maximum atomic E-state index is 12.0. The number of aromatic nitrogens is 1. The molecule has 5 rings (SSSR count). The second-order valence-corrected chi connectivity index (χ2v) is 12.3. The molecule has 0 amide bonds. The molecule has 1 aliphatic rings. The number of nitrogens with zero attached hydrogens (tertiary/aromatic N) is 1. The van der Waals surface area contributed by atoms with Crippen LogP contribution in [-0.2, 0) is 9.53 Å². The summed E-state index contributed by atoms with van der Waals surface area (Å²) in [5.74, 6) is 1.89. The molecule has 2 atom stereocenters. The molecule has 1 aliphatic carbocycles. The number of fused-ring (bicyclic) bond motifs is 1. The van der Waals surface area contributed by atoms with Crippen LogP contribution in [0.15, 0.2) is 78.9 Å². The predicted octanol–water partition coefficient (Wildman–Crippen LogP) is 8.06. The number of carbonyl (C=O) groups excluding carboxylic acids is 1. The summed E-state index contributed by atoms with van der Waals surface area (Å²) in [6, 6.07) is 26.8. The van der Waals surface area contributed by atoms with E-state index in [9.17, 15) is 9.90 Å². The van der Waals surface area contributed by atoms with Crippen LogP contribution in [0.4, 0.5) is 0 Å². The van der Waals surface area contributed by atoms with Gasteiger partial charge in [-0.2, -0.15) is 0 Å². The summed E-state index contributed by atoms with van der Waals surface area (Å²) in [6.07, 6.45) is 7.87. The molecule has 1 heterocycles. The van der Waals surface area contributed by atoms with Crippen LogP contribution in [0.25, 0.3) is 23.1 Å². The Hall–Kier alpha value is -2.12. The monoisotopic (exact) mass is 609 g/mol. The van der Waals surface area contributed by atoms with E-state index in [4.69, 9.17) is 21.3 Å². The number of carbonyl (C=O) groups is 1. The molecule has 1 aromatic heterocycles. The van der Waals surface area contributed by atoms with Crippen molar-refractivity contribution in [1.82, 2.24) is 4.98 Å². The van der Waals surface area contributed by atoms with Crippen molar-refractivity contribution in [3.63, 3.8) is 0 Å². The molecular formula is C35H37ClNNaO3S. The van der Waals surface area contributed by atoms with E-state index in [2.05, 4.69) is 61.5 Å². The first-order chi connectivity index (χ1) is 20.0. The number of benzene rings is 3. The second-order valence-electron chi connectivity index (χ2n) is 10.8. The Morgan fingerprint density at radius 1 is 1.05 bits per heavy atom. The zero-order valence-electron chi connectivity index (χ0n) is 23.3. The molecule has 0 aliphatic heterocycles. The van der Waals surface area contributed by atoms with Gasteiger partial charge in [0.05, 0.1) is 11.2 Å². The van der Waals surface area contributed by atoms with E-state index in [1.54, 1.807) is 11.8 Å². The third kappa shape index (κ3) is 9.19. The van der Waals surface area contributed by atoms with E-state index >= 15 is 0 Å². The van der Waals surface area contributed by atoms with Crippen molar-refractivity contribution in [3.05, 3.63) is 112 Å². The van der Waals surface area contributed by atoms with Crippen LogP contribution in [0.5, 0.6) is 0 Å². The number of hydrogen-bond donors (Lipinski definition) is 1. The molecule has 2 unspecified atom stereocenters. The van der Waals surface area contributed by atoms with Crippen LogP contribution < -0.4 is 0 Å². The molecular weight excluding hydrogens is 573 g/mol. The van der Waals surface area contributed by atoms with Crippen molar-refractivity contribution >= 4 is 81.9 Å². The molecule has 1 N–H and O–H groups in total. The molecule has 4 aromatic rings. The summed E-state index contributed by atoms with van der Waals surface area (Å²) in [6.45, 7) is 2.16. The fraction of sp³-hybridized carbons (Fsp3) is 0.314. The summed E-state index contributed by atoms with van der Waals surface area (Å²) in [4.78, 5) is 16.7. The van der Waals surface area contributed by atoms with Crippen LogP contribution in [0, 0.1) is 5.92 Å². The van der Waals surface area contributed by atoms with Crippen LogP contribution in [0.3, 0.4) is 0 Å². The van der Waals surface area contributed by atoms with Gasteiger partial charge >= 0.3 is 35.5 Å². The number of thioether (sulfide) groups is 1. The fourth-order valence-electron chi connectivity index (χ4n) is 5.12. The average molecular weight is 610 g/mol. The third-order valence-corrected chi connectivity index (χ3v) is 8.66. The molecule has 7 heteroatoms. The standard InChI is InChI=1S/C35H36ClNO3S.Na.H/c1-24(22-38)31-7-2-3-8-33(31)32(17-18-41-23-40-35(39)20-26-9-10-26)28-6-4-5-25(19-28)11-15-30-16-13-27-12-14-29(36)21-34(27)37-30;;/h2-8,11-16,19,21,24,26,32,38H,9-10,17-18,20,22-23H2,1H3;;/b15-11+;;. The van der Waals surface area contributed by atoms with Gasteiger partial charge in [0.2, 0.25) is 0 Å². The number of hydrogen-bond acceptors (Lipinski definition) is 5. The quantitative estimate of drug-likeness (QED) is 0.0719. The van der Waals surface area contributed by atoms with E-state index in [0.717, 1.165) is 47.2 Å². The molecule has 42 heavy (non-hydrogen) atoms.